The van der Waals surface area contributed by atoms with E-state index in [2.05, 4.69) is 5.43 Å². The number of hydrogen-bond acceptors (Lipinski definition) is 2. The van der Waals surface area contributed by atoms with Gasteiger partial charge in [0.15, 0.2) is 0 Å². The maximum absolute atomic E-state index is 12.1. The summed E-state index contributed by atoms with van der Waals surface area (Å²) in [7, 11) is 0. The van der Waals surface area contributed by atoms with Crippen molar-refractivity contribution in [3.05, 3.63) is 0 Å². The third-order valence-corrected chi connectivity index (χ3v) is 2.84. The lowest BCUT2D eigenvalue weighted by atomic mass is 9.40. The van der Waals surface area contributed by atoms with Crippen LogP contribution in [0.1, 0.15) is 19.3 Å². The van der Waals surface area contributed by atoms with Crippen LogP contribution < -0.4 is 11.3 Å². The van der Waals surface area contributed by atoms with Gasteiger partial charge in [0.2, 0.25) is 6.43 Å². The number of alkyl halides is 2. The zero-order valence-corrected chi connectivity index (χ0v) is 5.53. The summed E-state index contributed by atoms with van der Waals surface area (Å²) in [5.41, 5.74) is 1.84. The molecule has 0 aromatic heterocycles. The van der Waals surface area contributed by atoms with Crippen LogP contribution in [0.25, 0.3) is 0 Å². The predicted octanol–water partition coefficient (Wildman–Crippen LogP) is 0.637. The quantitative estimate of drug-likeness (QED) is 0.445. The van der Waals surface area contributed by atoms with Crippen LogP contribution in [0, 0.1) is 5.41 Å². The van der Waals surface area contributed by atoms with E-state index in [0.29, 0.717) is 19.3 Å². The summed E-state index contributed by atoms with van der Waals surface area (Å²) < 4.78 is 24.3. The van der Waals surface area contributed by atoms with E-state index in [4.69, 9.17) is 5.84 Å². The highest BCUT2D eigenvalue weighted by atomic mass is 19.3. The van der Waals surface area contributed by atoms with E-state index < -0.39 is 11.8 Å². The fraction of sp³-hybridized carbons (Fsp3) is 1.00. The topological polar surface area (TPSA) is 38.0 Å². The van der Waals surface area contributed by atoms with E-state index in [1.165, 1.54) is 0 Å². The Morgan fingerprint density at radius 3 is 2.10 bits per heavy atom. The molecule has 4 heteroatoms. The van der Waals surface area contributed by atoms with Gasteiger partial charge in [-0.3, -0.25) is 11.3 Å². The van der Waals surface area contributed by atoms with Gasteiger partial charge in [-0.1, -0.05) is 0 Å². The van der Waals surface area contributed by atoms with Crippen LogP contribution in [-0.4, -0.2) is 12.0 Å². The molecule has 0 aromatic rings. The van der Waals surface area contributed by atoms with Gasteiger partial charge >= 0.3 is 0 Å². The normalized spacial score (nSPS) is 50.4. The first-order valence-electron chi connectivity index (χ1n) is 3.39. The number of hydrogen-bond donors (Lipinski definition) is 2. The lowest BCUT2D eigenvalue weighted by Gasteiger charge is -2.69. The summed E-state index contributed by atoms with van der Waals surface area (Å²) in [5.74, 6) is 5.17. The first-order chi connectivity index (χ1) is 4.63. The molecular formula is C6H10F2N2. The van der Waals surface area contributed by atoms with Gasteiger partial charge in [0.05, 0.1) is 0 Å². The van der Waals surface area contributed by atoms with Gasteiger partial charge in [-0.25, -0.2) is 8.78 Å². The molecule has 0 atom stereocenters. The molecule has 2 bridgehead atoms. The third-order valence-electron chi connectivity index (χ3n) is 2.84. The van der Waals surface area contributed by atoms with Crippen LogP contribution in [-0.2, 0) is 0 Å². The van der Waals surface area contributed by atoms with Crippen molar-refractivity contribution in [3.8, 4) is 0 Å². The molecule has 3 N–H and O–H groups in total. The van der Waals surface area contributed by atoms with Crippen LogP contribution >= 0.6 is 0 Å². The SMILES string of the molecule is NNC12CC(C(F)F)(C1)C2. The monoisotopic (exact) mass is 148 g/mol. The smallest absolute Gasteiger partial charge is 0.244 e. The Labute approximate surface area is 57.7 Å². The van der Waals surface area contributed by atoms with Crippen LogP contribution in [0.4, 0.5) is 8.78 Å². The second-order valence-electron chi connectivity index (χ2n) is 3.62. The second kappa shape index (κ2) is 1.51. The van der Waals surface area contributed by atoms with E-state index >= 15 is 0 Å². The molecule has 3 fully saturated rings. The fourth-order valence-electron chi connectivity index (χ4n) is 2.25. The Bertz CT molecular complexity index is 149. The van der Waals surface area contributed by atoms with Crippen molar-refractivity contribution in [1.82, 2.24) is 5.43 Å². The maximum atomic E-state index is 12.1. The third kappa shape index (κ3) is 0.499. The minimum absolute atomic E-state index is 0.101. The summed E-state index contributed by atoms with van der Waals surface area (Å²) in [5, 5.41) is 0. The van der Waals surface area contributed by atoms with E-state index in [0.717, 1.165) is 0 Å². The summed E-state index contributed by atoms with van der Waals surface area (Å²) in [4.78, 5) is 0. The zero-order valence-electron chi connectivity index (χ0n) is 5.53. The van der Waals surface area contributed by atoms with Gasteiger partial charge in [0.1, 0.15) is 0 Å². The van der Waals surface area contributed by atoms with Crippen LogP contribution in [0.2, 0.25) is 0 Å². The summed E-state index contributed by atoms with van der Waals surface area (Å²) in [6, 6.07) is 0. The Morgan fingerprint density at radius 2 is 1.80 bits per heavy atom. The molecular weight excluding hydrogens is 138 g/mol. The number of rotatable bonds is 2. The molecule has 3 saturated carbocycles. The van der Waals surface area contributed by atoms with Crippen molar-refractivity contribution >= 4 is 0 Å². The van der Waals surface area contributed by atoms with Gasteiger partial charge in [0, 0.05) is 11.0 Å². The van der Waals surface area contributed by atoms with Crippen molar-refractivity contribution in [3.63, 3.8) is 0 Å². The number of nitrogens with two attached hydrogens (primary N) is 1. The maximum Gasteiger partial charge on any atom is 0.244 e. The van der Waals surface area contributed by atoms with Crippen molar-refractivity contribution in [2.45, 2.75) is 31.2 Å². The highest BCUT2D eigenvalue weighted by Gasteiger charge is 2.71. The number of halogens is 2. The largest absolute Gasteiger partial charge is 0.271 e. The van der Waals surface area contributed by atoms with Crippen LogP contribution in [0.3, 0.4) is 0 Å². The van der Waals surface area contributed by atoms with E-state index in [1.54, 1.807) is 0 Å². The Kier molecular flexibility index (Phi) is 0.978. The molecule has 3 aliphatic carbocycles. The summed E-state index contributed by atoms with van der Waals surface area (Å²) in [6.07, 6.45) is -0.459. The zero-order chi connectivity index (χ0) is 7.41. The lowest BCUT2D eigenvalue weighted by molar-refractivity contribution is -0.228. The van der Waals surface area contributed by atoms with E-state index in [1.807, 2.05) is 0 Å². The molecule has 0 unspecified atom stereocenters. The lowest BCUT2D eigenvalue weighted by Crippen LogP contribution is -2.77. The second-order valence-corrected chi connectivity index (χ2v) is 3.62. The van der Waals surface area contributed by atoms with Gasteiger partial charge in [-0.05, 0) is 19.3 Å². The van der Waals surface area contributed by atoms with Crippen molar-refractivity contribution in [2.75, 3.05) is 0 Å². The summed E-state index contributed by atoms with van der Waals surface area (Å²) in [6.45, 7) is 0. The Hall–Kier alpha value is -0.220. The van der Waals surface area contributed by atoms with Crippen molar-refractivity contribution in [1.29, 1.82) is 0 Å². The van der Waals surface area contributed by atoms with Gasteiger partial charge in [-0.2, -0.15) is 0 Å². The molecule has 3 aliphatic rings. The molecule has 3 rings (SSSR count). The molecule has 58 valence electrons. The Balaban J connectivity index is 1.98. The van der Waals surface area contributed by atoms with Crippen LogP contribution in [0.15, 0.2) is 0 Å². The minimum Gasteiger partial charge on any atom is -0.271 e. The fourth-order valence-corrected chi connectivity index (χ4v) is 2.25. The highest BCUT2D eigenvalue weighted by molar-refractivity contribution is 5.23. The van der Waals surface area contributed by atoms with E-state index in [9.17, 15) is 8.78 Å². The molecule has 0 heterocycles. The molecule has 0 aromatic carbocycles. The Morgan fingerprint density at radius 1 is 1.30 bits per heavy atom. The molecule has 0 radical (unpaired) electrons. The molecule has 2 nitrogen and oxygen atoms in total. The highest BCUT2D eigenvalue weighted by Crippen LogP contribution is 2.69. The minimum atomic E-state index is -2.15. The standard InChI is InChI=1S/C6H10F2N2/c7-4(8)5-1-6(2-5,3-5)10-9/h4,10H,1-3,9H2. The van der Waals surface area contributed by atoms with Crippen molar-refractivity contribution < 1.29 is 8.78 Å². The molecule has 0 saturated heterocycles. The van der Waals surface area contributed by atoms with E-state index in [-0.39, 0.29) is 5.54 Å². The van der Waals surface area contributed by atoms with Crippen molar-refractivity contribution in [2.24, 2.45) is 11.3 Å². The number of nitrogens with one attached hydrogen (secondary N) is 1. The van der Waals surface area contributed by atoms with Gasteiger partial charge in [0.25, 0.3) is 0 Å². The average molecular weight is 148 g/mol. The molecule has 10 heavy (non-hydrogen) atoms. The van der Waals surface area contributed by atoms with Gasteiger partial charge in [-0.15, -0.1) is 0 Å². The molecule has 0 aliphatic heterocycles. The van der Waals surface area contributed by atoms with Gasteiger partial charge < -0.3 is 0 Å². The summed E-state index contributed by atoms with van der Waals surface area (Å²) >= 11 is 0. The molecule has 0 amide bonds. The first kappa shape index (κ1) is 6.49. The average Bonchev–Trinajstić information content (AvgIpc) is 1.57. The number of hydrazine groups is 1. The molecule has 0 spiro atoms. The van der Waals surface area contributed by atoms with Crippen LogP contribution in [0.5, 0.6) is 0 Å². The predicted molar refractivity (Wildman–Crippen MR) is 32.3 cm³/mol. The first-order valence-corrected chi connectivity index (χ1v) is 3.39.